The van der Waals surface area contributed by atoms with Crippen molar-refractivity contribution in [3.8, 4) is 11.3 Å². The molecule has 0 radical (unpaired) electrons. The maximum Gasteiger partial charge on any atom is 0.161 e. The first-order valence-corrected chi connectivity index (χ1v) is 7.02. The predicted molar refractivity (Wildman–Crippen MR) is 82.2 cm³/mol. The van der Waals surface area contributed by atoms with E-state index >= 15 is 0 Å². The zero-order chi connectivity index (χ0) is 14.1. The number of aryl methyl sites for hydroxylation is 1. The van der Waals surface area contributed by atoms with Crippen molar-refractivity contribution in [1.82, 2.24) is 15.2 Å². The molecule has 2 aromatic heterocycles. The van der Waals surface area contributed by atoms with Gasteiger partial charge < -0.3 is 0 Å². The van der Waals surface area contributed by atoms with E-state index in [1.165, 1.54) is 0 Å². The quantitative estimate of drug-likeness (QED) is 0.696. The third-order valence-corrected chi connectivity index (χ3v) is 3.78. The minimum absolute atomic E-state index is 0.325. The fourth-order valence-corrected chi connectivity index (χ4v) is 2.76. The van der Waals surface area contributed by atoms with Gasteiger partial charge in [-0.05, 0) is 12.0 Å². The molecule has 3 aromatic rings. The first-order valence-electron chi connectivity index (χ1n) is 6.27. The summed E-state index contributed by atoms with van der Waals surface area (Å²) in [5.41, 5.74) is 3.00. The van der Waals surface area contributed by atoms with Gasteiger partial charge in [-0.1, -0.05) is 60.5 Å². The largest absolute Gasteiger partial charge is 0.255 e. The van der Waals surface area contributed by atoms with Gasteiger partial charge in [-0.25, -0.2) is 0 Å². The molecule has 5 heteroatoms. The fraction of sp³-hybridized carbons (Fsp3) is 0.133. The molecule has 0 N–H and O–H groups in total. The molecule has 0 bridgehead atoms. The van der Waals surface area contributed by atoms with Crippen molar-refractivity contribution in [1.29, 1.82) is 0 Å². The van der Waals surface area contributed by atoms with Crippen LogP contribution in [0, 0.1) is 0 Å². The highest BCUT2D eigenvalue weighted by atomic mass is 35.5. The minimum atomic E-state index is 0.325. The molecule has 0 aliphatic carbocycles. The van der Waals surface area contributed by atoms with Crippen LogP contribution in [0.5, 0.6) is 0 Å². The number of rotatable bonds is 2. The number of fused-ring (bicyclic) bond motifs is 1. The van der Waals surface area contributed by atoms with Crippen LogP contribution in [0.1, 0.15) is 12.5 Å². The minimum Gasteiger partial charge on any atom is -0.255 e. The molecule has 20 heavy (non-hydrogen) atoms. The highest BCUT2D eigenvalue weighted by Gasteiger charge is 2.15. The van der Waals surface area contributed by atoms with E-state index in [0.29, 0.717) is 10.3 Å². The first-order chi connectivity index (χ1) is 9.72. The second kappa shape index (κ2) is 5.35. The van der Waals surface area contributed by atoms with Crippen LogP contribution in [0.4, 0.5) is 0 Å². The van der Waals surface area contributed by atoms with Crippen molar-refractivity contribution in [2.45, 2.75) is 13.3 Å². The molecule has 3 nitrogen and oxygen atoms in total. The lowest BCUT2D eigenvalue weighted by Gasteiger charge is -2.11. The Balaban J connectivity index is 2.39. The van der Waals surface area contributed by atoms with Crippen molar-refractivity contribution >= 4 is 34.0 Å². The van der Waals surface area contributed by atoms with Crippen molar-refractivity contribution in [2.24, 2.45) is 0 Å². The Morgan fingerprint density at radius 3 is 2.40 bits per heavy atom. The smallest absolute Gasteiger partial charge is 0.161 e. The van der Waals surface area contributed by atoms with Gasteiger partial charge in [-0.15, -0.1) is 10.2 Å². The van der Waals surface area contributed by atoms with Crippen molar-refractivity contribution in [3.05, 3.63) is 52.4 Å². The molecule has 0 atom stereocenters. The lowest BCUT2D eigenvalue weighted by Crippen LogP contribution is -1.97. The maximum absolute atomic E-state index is 6.21. The van der Waals surface area contributed by atoms with Gasteiger partial charge in [0.15, 0.2) is 10.3 Å². The van der Waals surface area contributed by atoms with Gasteiger partial charge in [0.05, 0.1) is 5.69 Å². The van der Waals surface area contributed by atoms with E-state index in [9.17, 15) is 0 Å². The summed E-state index contributed by atoms with van der Waals surface area (Å²) in [5.74, 6) is 0. The molecule has 0 saturated heterocycles. The van der Waals surface area contributed by atoms with E-state index < -0.39 is 0 Å². The summed E-state index contributed by atoms with van der Waals surface area (Å²) in [5, 5.41) is 10.00. The van der Waals surface area contributed by atoms with Crippen molar-refractivity contribution in [3.63, 3.8) is 0 Å². The molecule has 0 saturated carbocycles. The standard InChI is InChI=1S/C15H11Cl2N3/c1-2-10-12-11(14(16)19-20-15(12)17)8-18-13(10)9-6-4-3-5-7-9/h3-8H,2H2,1H3. The number of nitrogens with zero attached hydrogens (tertiary/aromatic N) is 3. The monoisotopic (exact) mass is 303 g/mol. The van der Waals surface area contributed by atoms with Gasteiger partial charge in [0.2, 0.25) is 0 Å². The molecule has 2 heterocycles. The maximum atomic E-state index is 6.21. The second-order valence-corrected chi connectivity index (χ2v) is 5.09. The van der Waals surface area contributed by atoms with Gasteiger partial charge in [0.1, 0.15) is 0 Å². The summed E-state index contributed by atoms with van der Waals surface area (Å²) >= 11 is 12.3. The van der Waals surface area contributed by atoms with Crippen LogP contribution in [-0.4, -0.2) is 15.2 Å². The summed E-state index contributed by atoms with van der Waals surface area (Å²) in [6, 6.07) is 10.0. The third kappa shape index (κ3) is 2.13. The van der Waals surface area contributed by atoms with Crippen molar-refractivity contribution in [2.75, 3.05) is 0 Å². The summed E-state index contributed by atoms with van der Waals surface area (Å²) in [6.45, 7) is 2.06. The van der Waals surface area contributed by atoms with E-state index in [4.69, 9.17) is 23.2 Å². The normalized spacial score (nSPS) is 10.9. The predicted octanol–water partition coefficient (Wildman–Crippen LogP) is 4.56. The SMILES string of the molecule is CCc1c(-c2ccccc2)ncc2c(Cl)nnc(Cl)c12. The van der Waals surface area contributed by atoms with Gasteiger partial charge >= 0.3 is 0 Å². The van der Waals surface area contributed by atoms with Gasteiger partial charge in [0.25, 0.3) is 0 Å². The second-order valence-electron chi connectivity index (χ2n) is 4.38. The Morgan fingerprint density at radius 1 is 1.00 bits per heavy atom. The van der Waals surface area contributed by atoms with E-state index in [-0.39, 0.29) is 0 Å². The molecule has 100 valence electrons. The number of hydrogen-bond acceptors (Lipinski definition) is 3. The number of benzene rings is 1. The summed E-state index contributed by atoms with van der Waals surface area (Å²) in [7, 11) is 0. The van der Waals surface area contributed by atoms with Crippen LogP contribution >= 0.6 is 23.2 Å². The molecule has 0 spiro atoms. The zero-order valence-electron chi connectivity index (χ0n) is 10.8. The van der Waals surface area contributed by atoms with Crippen LogP contribution < -0.4 is 0 Å². The topological polar surface area (TPSA) is 38.7 Å². The van der Waals surface area contributed by atoms with Gasteiger partial charge in [-0.3, -0.25) is 4.98 Å². The van der Waals surface area contributed by atoms with Gasteiger partial charge in [-0.2, -0.15) is 0 Å². The molecular formula is C15H11Cl2N3. The average Bonchev–Trinajstić information content (AvgIpc) is 2.50. The number of aromatic nitrogens is 3. The number of hydrogen-bond donors (Lipinski definition) is 0. The molecule has 3 rings (SSSR count). The van der Waals surface area contributed by atoms with E-state index in [2.05, 4.69) is 22.1 Å². The highest BCUT2D eigenvalue weighted by Crippen LogP contribution is 2.34. The van der Waals surface area contributed by atoms with Crippen LogP contribution in [0.3, 0.4) is 0 Å². The summed E-state index contributed by atoms with van der Waals surface area (Å²) in [4.78, 5) is 4.54. The first kappa shape index (κ1) is 13.3. The Hall–Kier alpha value is -1.71. The van der Waals surface area contributed by atoms with Crippen LogP contribution in [0.2, 0.25) is 10.3 Å². The molecular weight excluding hydrogens is 293 g/mol. The van der Waals surface area contributed by atoms with Crippen molar-refractivity contribution < 1.29 is 0 Å². The molecule has 0 fully saturated rings. The number of halogens is 2. The fourth-order valence-electron chi connectivity index (χ4n) is 2.33. The van der Waals surface area contributed by atoms with Crippen LogP contribution in [0.15, 0.2) is 36.5 Å². The summed E-state index contributed by atoms with van der Waals surface area (Å²) < 4.78 is 0. The highest BCUT2D eigenvalue weighted by molar-refractivity contribution is 6.38. The Morgan fingerprint density at radius 2 is 1.70 bits per heavy atom. The Kier molecular flexibility index (Phi) is 3.55. The molecule has 0 unspecified atom stereocenters. The average molecular weight is 304 g/mol. The lowest BCUT2D eigenvalue weighted by atomic mass is 10.00. The van der Waals surface area contributed by atoms with E-state index in [1.807, 2.05) is 30.3 Å². The van der Waals surface area contributed by atoms with E-state index in [1.54, 1.807) is 6.20 Å². The van der Waals surface area contributed by atoms with Crippen LogP contribution in [-0.2, 0) is 6.42 Å². The zero-order valence-corrected chi connectivity index (χ0v) is 12.3. The third-order valence-electron chi connectivity index (χ3n) is 3.23. The lowest BCUT2D eigenvalue weighted by molar-refractivity contribution is 1.04. The van der Waals surface area contributed by atoms with Gasteiger partial charge in [0, 0.05) is 22.5 Å². The molecule has 0 aliphatic heterocycles. The van der Waals surface area contributed by atoms with E-state index in [0.717, 1.165) is 34.0 Å². The summed E-state index contributed by atoms with van der Waals surface area (Å²) in [6.07, 6.45) is 2.50. The Labute approximate surface area is 126 Å². The Bertz CT molecular complexity index is 773. The molecule has 0 amide bonds. The molecule has 0 aliphatic rings. The molecule has 1 aromatic carbocycles. The number of pyridine rings is 1. The van der Waals surface area contributed by atoms with Crippen LogP contribution in [0.25, 0.3) is 22.0 Å².